The van der Waals surface area contributed by atoms with Gasteiger partial charge in [-0.3, -0.25) is 0 Å². The van der Waals surface area contributed by atoms with Crippen LogP contribution < -0.4 is 0 Å². The highest BCUT2D eigenvalue weighted by atomic mass is 32.2. The second kappa shape index (κ2) is 9.86. The monoisotopic (exact) mass is 379 g/mol. The van der Waals surface area contributed by atoms with Crippen LogP contribution in [0.4, 0.5) is 0 Å². The molecular formula is C23H25NO2S. The SMILES string of the molecule is CCCC#Cc1ccccc1C#CN(CCC)S(=O)(=O)c1ccc(C)cc1. The van der Waals surface area contributed by atoms with Gasteiger partial charge in [0.25, 0.3) is 10.0 Å². The Morgan fingerprint density at radius 2 is 1.52 bits per heavy atom. The van der Waals surface area contributed by atoms with Gasteiger partial charge in [0.05, 0.1) is 4.90 Å². The van der Waals surface area contributed by atoms with E-state index in [4.69, 9.17) is 0 Å². The maximum absolute atomic E-state index is 12.9. The van der Waals surface area contributed by atoms with Crippen molar-refractivity contribution in [1.82, 2.24) is 4.31 Å². The zero-order chi connectivity index (χ0) is 19.7. The van der Waals surface area contributed by atoms with Crippen LogP contribution >= 0.6 is 0 Å². The van der Waals surface area contributed by atoms with Gasteiger partial charge in [-0.15, -0.1) is 0 Å². The maximum atomic E-state index is 12.9. The van der Waals surface area contributed by atoms with E-state index in [-0.39, 0.29) is 4.90 Å². The molecule has 0 amide bonds. The fourth-order valence-corrected chi connectivity index (χ4v) is 3.71. The van der Waals surface area contributed by atoms with Gasteiger partial charge in [0.15, 0.2) is 0 Å². The molecule has 0 spiro atoms. The van der Waals surface area contributed by atoms with Gasteiger partial charge >= 0.3 is 0 Å². The van der Waals surface area contributed by atoms with Crippen LogP contribution in [0.15, 0.2) is 53.4 Å². The Balaban J connectivity index is 2.39. The zero-order valence-corrected chi connectivity index (χ0v) is 16.9. The predicted octanol–water partition coefficient (Wildman–Crippen LogP) is 4.56. The Morgan fingerprint density at radius 3 is 2.11 bits per heavy atom. The average molecular weight is 380 g/mol. The summed E-state index contributed by atoms with van der Waals surface area (Å²) in [6.07, 6.45) is 2.50. The van der Waals surface area contributed by atoms with Crippen LogP contribution in [-0.4, -0.2) is 19.3 Å². The number of benzene rings is 2. The maximum Gasteiger partial charge on any atom is 0.270 e. The number of nitrogens with zero attached hydrogens (tertiary/aromatic N) is 1. The van der Waals surface area contributed by atoms with Crippen LogP contribution in [0.1, 0.15) is 49.8 Å². The van der Waals surface area contributed by atoms with Crippen molar-refractivity contribution in [2.75, 3.05) is 6.54 Å². The van der Waals surface area contributed by atoms with Crippen molar-refractivity contribution >= 4 is 10.0 Å². The highest BCUT2D eigenvalue weighted by molar-refractivity contribution is 7.89. The van der Waals surface area contributed by atoms with Crippen molar-refractivity contribution in [2.45, 2.75) is 44.9 Å². The fraction of sp³-hybridized carbons (Fsp3) is 0.304. The molecule has 0 radical (unpaired) electrons. The smallest absolute Gasteiger partial charge is 0.224 e. The van der Waals surface area contributed by atoms with Gasteiger partial charge in [-0.25, -0.2) is 12.7 Å². The predicted molar refractivity (Wildman–Crippen MR) is 110 cm³/mol. The third-order valence-electron chi connectivity index (χ3n) is 3.88. The highest BCUT2D eigenvalue weighted by Crippen LogP contribution is 2.16. The van der Waals surface area contributed by atoms with E-state index in [2.05, 4.69) is 30.7 Å². The summed E-state index contributed by atoms with van der Waals surface area (Å²) in [4.78, 5) is 0.256. The quantitative estimate of drug-likeness (QED) is 0.564. The summed E-state index contributed by atoms with van der Waals surface area (Å²) in [5, 5.41) is 0. The van der Waals surface area contributed by atoms with Crippen LogP contribution in [0.2, 0.25) is 0 Å². The number of rotatable bonds is 5. The van der Waals surface area contributed by atoms with E-state index in [0.29, 0.717) is 13.0 Å². The Hall–Kier alpha value is -2.69. The molecule has 2 rings (SSSR count). The van der Waals surface area contributed by atoms with Crippen LogP contribution in [0.3, 0.4) is 0 Å². The third kappa shape index (κ3) is 5.64. The first kappa shape index (κ1) is 20.6. The van der Waals surface area contributed by atoms with Crippen molar-refractivity contribution < 1.29 is 8.42 Å². The second-order valence-corrected chi connectivity index (χ2v) is 8.09. The van der Waals surface area contributed by atoms with Gasteiger partial charge in [0.1, 0.15) is 0 Å². The van der Waals surface area contributed by atoms with Crippen molar-refractivity contribution in [2.24, 2.45) is 0 Å². The summed E-state index contributed by atoms with van der Waals surface area (Å²) in [6, 6.07) is 17.3. The molecule has 0 N–H and O–H groups in total. The average Bonchev–Trinajstić information content (AvgIpc) is 2.66. The minimum atomic E-state index is -3.66. The van der Waals surface area contributed by atoms with Gasteiger partial charge < -0.3 is 0 Å². The van der Waals surface area contributed by atoms with E-state index in [1.54, 1.807) is 24.3 Å². The lowest BCUT2D eigenvalue weighted by Crippen LogP contribution is -2.27. The summed E-state index contributed by atoms with van der Waals surface area (Å²) in [7, 11) is -3.66. The molecule has 2 aromatic carbocycles. The molecule has 0 aliphatic heterocycles. The van der Waals surface area contributed by atoms with Crippen molar-refractivity contribution in [3.8, 4) is 23.8 Å². The first-order valence-electron chi connectivity index (χ1n) is 9.18. The number of unbranched alkanes of at least 4 members (excludes halogenated alkanes) is 1. The highest BCUT2D eigenvalue weighted by Gasteiger charge is 2.21. The lowest BCUT2D eigenvalue weighted by molar-refractivity contribution is 0.508. The Bertz CT molecular complexity index is 984. The van der Waals surface area contributed by atoms with Crippen LogP contribution in [0, 0.1) is 30.7 Å². The van der Waals surface area contributed by atoms with Gasteiger partial charge in [-0.2, -0.15) is 0 Å². The molecule has 0 fully saturated rings. The lowest BCUT2D eigenvalue weighted by atomic mass is 10.1. The molecule has 0 saturated carbocycles. The Morgan fingerprint density at radius 1 is 0.889 bits per heavy atom. The number of hydrogen-bond acceptors (Lipinski definition) is 2. The molecule has 27 heavy (non-hydrogen) atoms. The summed E-state index contributed by atoms with van der Waals surface area (Å²) in [5.74, 6) is 9.25. The fourth-order valence-electron chi connectivity index (χ4n) is 2.38. The van der Waals surface area contributed by atoms with Crippen LogP contribution in [0.25, 0.3) is 0 Å². The van der Waals surface area contributed by atoms with Crippen LogP contribution in [-0.2, 0) is 10.0 Å². The van der Waals surface area contributed by atoms with Crippen molar-refractivity contribution in [3.05, 3.63) is 65.2 Å². The Labute approximate surface area is 163 Å². The minimum Gasteiger partial charge on any atom is -0.224 e. The van der Waals surface area contributed by atoms with E-state index >= 15 is 0 Å². The largest absolute Gasteiger partial charge is 0.270 e. The molecule has 0 atom stereocenters. The Kier molecular flexibility index (Phi) is 7.53. The number of aryl methyl sites for hydroxylation is 1. The second-order valence-electron chi connectivity index (χ2n) is 6.22. The minimum absolute atomic E-state index is 0.256. The number of hydrogen-bond donors (Lipinski definition) is 0. The van der Waals surface area contributed by atoms with Gasteiger partial charge in [0.2, 0.25) is 0 Å². The summed E-state index contributed by atoms with van der Waals surface area (Å²) in [5.41, 5.74) is 2.57. The van der Waals surface area contributed by atoms with E-state index < -0.39 is 10.0 Å². The molecule has 0 aliphatic carbocycles. The first-order chi connectivity index (χ1) is 13.0. The van der Waals surface area contributed by atoms with Crippen LogP contribution in [0.5, 0.6) is 0 Å². The van der Waals surface area contributed by atoms with Crippen molar-refractivity contribution in [3.63, 3.8) is 0 Å². The summed E-state index contributed by atoms with van der Waals surface area (Å²) >= 11 is 0. The van der Waals surface area contributed by atoms with E-state index in [1.807, 2.05) is 38.1 Å². The van der Waals surface area contributed by atoms with E-state index in [0.717, 1.165) is 29.5 Å². The molecule has 0 unspecified atom stereocenters. The number of sulfonamides is 1. The molecule has 140 valence electrons. The molecule has 0 saturated heterocycles. The molecule has 0 aliphatic rings. The van der Waals surface area contributed by atoms with Gasteiger partial charge in [0, 0.05) is 30.1 Å². The normalized spacial score (nSPS) is 10.3. The molecule has 0 heterocycles. The molecule has 0 aromatic heterocycles. The van der Waals surface area contributed by atoms with Gasteiger partial charge in [-0.05, 0) is 50.0 Å². The zero-order valence-electron chi connectivity index (χ0n) is 16.1. The third-order valence-corrected chi connectivity index (χ3v) is 5.60. The molecule has 0 bridgehead atoms. The molecular weight excluding hydrogens is 354 g/mol. The summed E-state index contributed by atoms with van der Waals surface area (Å²) in [6.45, 7) is 6.28. The van der Waals surface area contributed by atoms with E-state index in [9.17, 15) is 8.42 Å². The van der Waals surface area contributed by atoms with Gasteiger partial charge in [-0.1, -0.05) is 55.5 Å². The first-order valence-corrected chi connectivity index (χ1v) is 10.6. The molecule has 4 heteroatoms. The summed E-state index contributed by atoms with van der Waals surface area (Å²) < 4.78 is 27.1. The topological polar surface area (TPSA) is 37.4 Å². The van der Waals surface area contributed by atoms with Crippen molar-refractivity contribution in [1.29, 1.82) is 0 Å². The molecule has 2 aromatic rings. The molecule has 3 nitrogen and oxygen atoms in total. The standard InChI is InChI=1S/C23H25NO2S/c1-4-6-7-10-21-11-8-9-12-22(21)17-19-24(18-5-2)27(25,26)23-15-13-20(3)14-16-23/h8-9,11-16H,4-6,18H2,1-3H3. The lowest BCUT2D eigenvalue weighted by Gasteiger charge is -2.17. The van der Waals surface area contributed by atoms with E-state index in [1.165, 1.54) is 4.31 Å².